The highest BCUT2D eigenvalue weighted by molar-refractivity contribution is 6.30. The fourth-order valence-corrected chi connectivity index (χ4v) is 3.46. The summed E-state index contributed by atoms with van der Waals surface area (Å²) in [7, 11) is 2.07. The molecule has 2 aliphatic carbocycles. The zero-order chi connectivity index (χ0) is 11.1. The van der Waals surface area contributed by atoms with Crippen LogP contribution < -0.4 is 5.32 Å². The summed E-state index contributed by atoms with van der Waals surface area (Å²) in [6.45, 7) is 0. The van der Waals surface area contributed by atoms with Crippen LogP contribution in [0.4, 0.5) is 0 Å². The molecule has 2 heteroatoms. The maximum Gasteiger partial charge on any atom is 0.0408 e. The SMILES string of the molecule is CN[C@H]1[C@@H]2CC=C[C@H]1Cc1cc(Cl)ccc12. The fourth-order valence-electron chi connectivity index (χ4n) is 3.26. The number of likely N-dealkylation sites (N-methyl/N-ethyl adjacent to an activating group) is 1. The molecule has 3 atom stereocenters. The Hall–Kier alpha value is -0.790. The topological polar surface area (TPSA) is 12.0 Å². The van der Waals surface area contributed by atoms with Crippen LogP contribution in [0.3, 0.4) is 0 Å². The van der Waals surface area contributed by atoms with Crippen LogP contribution in [0.5, 0.6) is 0 Å². The molecule has 1 aromatic rings. The number of halogens is 1. The van der Waals surface area contributed by atoms with E-state index in [-0.39, 0.29) is 0 Å². The maximum atomic E-state index is 6.07. The summed E-state index contributed by atoms with van der Waals surface area (Å²) in [5, 5.41) is 4.34. The van der Waals surface area contributed by atoms with Crippen molar-refractivity contribution in [2.45, 2.75) is 24.8 Å². The van der Waals surface area contributed by atoms with Crippen molar-refractivity contribution in [1.82, 2.24) is 5.32 Å². The van der Waals surface area contributed by atoms with Gasteiger partial charge in [-0.2, -0.15) is 0 Å². The van der Waals surface area contributed by atoms with Crippen LogP contribution in [0.25, 0.3) is 0 Å². The normalized spacial score (nSPS) is 31.2. The highest BCUT2D eigenvalue weighted by Crippen LogP contribution is 2.41. The van der Waals surface area contributed by atoms with Gasteiger partial charge < -0.3 is 5.32 Å². The minimum absolute atomic E-state index is 0.596. The van der Waals surface area contributed by atoms with Crippen molar-refractivity contribution in [1.29, 1.82) is 0 Å². The molecule has 3 rings (SSSR count). The van der Waals surface area contributed by atoms with Gasteiger partial charge in [-0.1, -0.05) is 29.8 Å². The van der Waals surface area contributed by atoms with Crippen molar-refractivity contribution < 1.29 is 0 Å². The zero-order valence-electron chi connectivity index (χ0n) is 9.41. The lowest BCUT2D eigenvalue weighted by molar-refractivity contribution is 0.330. The minimum atomic E-state index is 0.596. The van der Waals surface area contributed by atoms with E-state index in [4.69, 9.17) is 11.6 Å². The van der Waals surface area contributed by atoms with Gasteiger partial charge in [0.15, 0.2) is 0 Å². The molecule has 0 amide bonds. The Morgan fingerprint density at radius 2 is 2.25 bits per heavy atom. The van der Waals surface area contributed by atoms with Gasteiger partial charge in [-0.25, -0.2) is 0 Å². The molecule has 0 fully saturated rings. The molecule has 2 bridgehead atoms. The van der Waals surface area contributed by atoms with Crippen LogP contribution >= 0.6 is 11.6 Å². The van der Waals surface area contributed by atoms with Crippen LogP contribution in [0.2, 0.25) is 5.02 Å². The number of nitrogens with one attached hydrogen (secondary N) is 1. The van der Waals surface area contributed by atoms with Crippen molar-refractivity contribution in [2.24, 2.45) is 5.92 Å². The van der Waals surface area contributed by atoms with Crippen molar-refractivity contribution in [2.75, 3.05) is 7.05 Å². The number of fused-ring (bicyclic) bond motifs is 4. The van der Waals surface area contributed by atoms with E-state index in [1.165, 1.54) is 11.1 Å². The van der Waals surface area contributed by atoms with Gasteiger partial charge in [0.1, 0.15) is 0 Å². The second kappa shape index (κ2) is 3.90. The second-order valence-electron chi connectivity index (χ2n) is 4.80. The van der Waals surface area contributed by atoms with E-state index < -0.39 is 0 Å². The molecule has 1 aromatic carbocycles. The summed E-state index contributed by atoms with van der Waals surface area (Å²) < 4.78 is 0. The van der Waals surface area contributed by atoms with E-state index in [0.29, 0.717) is 17.9 Å². The maximum absolute atomic E-state index is 6.07. The van der Waals surface area contributed by atoms with E-state index in [0.717, 1.165) is 17.9 Å². The average Bonchev–Trinajstić information content (AvgIpc) is 2.28. The predicted molar refractivity (Wildman–Crippen MR) is 68.0 cm³/mol. The lowest BCUT2D eigenvalue weighted by Crippen LogP contribution is -2.44. The Labute approximate surface area is 102 Å². The molecule has 0 radical (unpaired) electrons. The molecule has 0 unspecified atom stereocenters. The van der Waals surface area contributed by atoms with Crippen LogP contribution in [-0.2, 0) is 6.42 Å². The summed E-state index contributed by atoms with van der Waals surface area (Å²) >= 11 is 6.07. The van der Waals surface area contributed by atoms with Crippen LogP contribution in [0.15, 0.2) is 30.4 Å². The molecule has 0 heterocycles. The lowest BCUT2D eigenvalue weighted by atomic mass is 9.69. The number of benzene rings is 1. The van der Waals surface area contributed by atoms with Gasteiger partial charge in [0.25, 0.3) is 0 Å². The zero-order valence-corrected chi connectivity index (χ0v) is 10.2. The first kappa shape index (κ1) is 10.4. The highest BCUT2D eigenvalue weighted by atomic mass is 35.5. The van der Waals surface area contributed by atoms with Gasteiger partial charge in [-0.15, -0.1) is 0 Å². The number of hydrogen-bond donors (Lipinski definition) is 1. The highest BCUT2D eigenvalue weighted by Gasteiger charge is 2.35. The van der Waals surface area contributed by atoms with E-state index in [1.54, 1.807) is 0 Å². The van der Waals surface area contributed by atoms with E-state index in [1.807, 2.05) is 6.07 Å². The first-order valence-corrected chi connectivity index (χ1v) is 6.29. The van der Waals surface area contributed by atoms with Gasteiger partial charge >= 0.3 is 0 Å². The van der Waals surface area contributed by atoms with Crippen molar-refractivity contribution in [3.8, 4) is 0 Å². The molecule has 16 heavy (non-hydrogen) atoms. The van der Waals surface area contributed by atoms with Gasteiger partial charge in [0.05, 0.1) is 0 Å². The third-order valence-corrected chi connectivity index (χ3v) is 4.20. The summed E-state index contributed by atoms with van der Waals surface area (Å²) in [6.07, 6.45) is 6.97. The third kappa shape index (κ3) is 1.50. The number of rotatable bonds is 1. The summed E-state index contributed by atoms with van der Waals surface area (Å²) in [6, 6.07) is 6.97. The fraction of sp³-hybridized carbons (Fsp3) is 0.429. The molecular weight excluding hydrogens is 218 g/mol. The largest absolute Gasteiger partial charge is 0.316 e. The number of allylic oxidation sites excluding steroid dienone is 1. The molecule has 0 spiro atoms. The monoisotopic (exact) mass is 233 g/mol. The first-order valence-electron chi connectivity index (χ1n) is 5.92. The van der Waals surface area contributed by atoms with E-state index in [2.05, 4.69) is 36.6 Å². The molecule has 1 N–H and O–H groups in total. The third-order valence-electron chi connectivity index (χ3n) is 3.96. The Kier molecular flexibility index (Phi) is 2.53. The molecule has 0 aromatic heterocycles. The van der Waals surface area contributed by atoms with E-state index in [9.17, 15) is 0 Å². The van der Waals surface area contributed by atoms with Crippen molar-refractivity contribution in [3.63, 3.8) is 0 Å². The molecule has 84 valence electrons. The standard InChI is InChI=1S/C14H16ClN/c1-16-14-9-3-2-4-13(14)12-6-5-11(15)8-10(12)7-9/h2-3,5-6,8-9,13-14,16H,4,7H2,1H3/t9-,13+,14+/m0/s1. The summed E-state index contributed by atoms with van der Waals surface area (Å²) in [4.78, 5) is 0. The van der Waals surface area contributed by atoms with Crippen LogP contribution in [0, 0.1) is 5.92 Å². The minimum Gasteiger partial charge on any atom is -0.316 e. The van der Waals surface area contributed by atoms with Gasteiger partial charge in [0.2, 0.25) is 0 Å². The molecule has 0 saturated heterocycles. The quantitative estimate of drug-likeness (QED) is 0.735. The van der Waals surface area contributed by atoms with Crippen LogP contribution in [-0.4, -0.2) is 13.1 Å². The van der Waals surface area contributed by atoms with Gasteiger partial charge in [0, 0.05) is 17.0 Å². The second-order valence-corrected chi connectivity index (χ2v) is 5.23. The Morgan fingerprint density at radius 3 is 3.06 bits per heavy atom. The molecular formula is C14H16ClN. The Morgan fingerprint density at radius 1 is 1.38 bits per heavy atom. The average molecular weight is 234 g/mol. The predicted octanol–water partition coefficient (Wildman–Crippen LogP) is 3.14. The molecule has 0 saturated carbocycles. The Balaban J connectivity index is 2.08. The van der Waals surface area contributed by atoms with Crippen LogP contribution in [0.1, 0.15) is 23.5 Å². The molecule has 2 aliphatic rings. The smallest absolute Gasteiger partial charge is 0.0408 e. The first-order chi connectivity index (χ1) is 7.79. The summed E-state index contributed by atoms with van der Waals surface area (Å²) in [5.74, 6) is 1.26. The number of hydrogen-bond acceptors (Lipinski definition) is 1. The molecule has 0 aliphatic heterocycles. The summed E-state index contributed by atoms with van der Waals surface area (Å²) in [5.41, 5.74) is 2.93. The van der Waals surface area contributed by atoms with Gasteiger partial charge in [-0.05, 0) is 49.1 Å². The molecule has 1 nitrogen and oxygen atoms in total. The Bertz CT molecular complexity index is 438. The van der Waals surface area contributed by atoms with E-state index >= 15 is 0 Å². The van der Waals surface area contributed by atoms with Crippen molar-refractivity contribution in [3.05, 3.63) is 46.5 Å². The van der Waals surface area contributed by atoms with Gasteiger partial charge in [-0.3, -0.25) is 0 Å². The van der Waals surface area contributed by atoms with Crippen molar-refractivity contribution >= 4 is 11.6 Å². The lowest BCUT2D eigenvalue weighted by Gasteiger charge is -2.40.